The van der Waals surface area contributed by atoms with Gasteiger partial charge in [0.05, 0.1) is 0 Å². The minimum atomic E-state index is 0.582. The Morgan fingerprint density at radius 1 is 1.20 bits per heavy atom. The first-order valence-corrected chi connectivity index (χ1v) is 6.40. The van der Waals surface area contributed by atoms with E-state index in [1.165, 1.54) is 5.56 Å². The van der Waals surface area contributed by atoms with Crippen molar-refractivity contribution in [3.05, 3.63) is 34.3 Å². The topological polar surface area (TPSA) is 12.0 Å². The van der Waals surface area contributed by atoms with Crippen molar-refractivity contribution in [2.45, 2.75) is 33.2 Å². The van der Waals surface area contributed by atoms with Crippen LogP contribution in [-0.2, 0) is 6.42 Å². The van der Waals surface area contributed by atoms with Crippen molar-refractivity contribution in [2.24, 2.45) is 5.92 Å². The summed E-state index contributed by atoms with van der Waals surface area (Å²) >= 11 is 3.45. The molecular formula is C13H20BrN. The molecular weight excluding hydrogens is 250 g/mol. The predicted molar refractivity (Wildman–Crippen MR) is 70.1 cm³/mol. The Balaban J connectivity index is 2.50. The minimum absolute atomic E-state index is 0.582. The number of benzene rings is 1. The fourth-order valence-electron chi connectivity index (χ4n) is 1.69. The van der Waals surface area contributed by atoms with Crippen molar-refractivity contribution in [1.29, 1.82) is 0 Å². The molecule has 1 rings (SSSR count). The zero-order valence-electron chi connectivity index (χ0n) is 9.76. The number of rotatable bonds is 5. The first-order chi connectivity index (χ1) is 7.13. The highest BCUT2D eigenvalue weighted by Crippen LogP contribution is 2.15. The van der Waals surface area contributed by atoms with Crippen molar-refractivity contribution in [1.82, 2.24) is 5.32 Å². The normalized spacial score (nSPS) is 14.9. The molecule has 1 aromatic carbocycles. The fraction of sp³-hybridized carbons (Fsp3) is 0.538. The molecule has 0 aliphatic heterocycles. The van der Waals surface area contributed by atoms with E-state index in [0.29, 0.717) is 12.0 Å². The maximum Gasteiger partial charge on any atom is 0.0175 e. The van der Waals surface area contributed by atoms with Crippen LogP contribution in [0.3, 0.4) is 0 Å². The lowest BCUT2D eigenvalue weighted by atomic mass is 9.95. The van der Waals surface area contributed by atoms with Gasteiger partial charge in [0, 0.05) is 10.5 Å². The summed E-state index contributed by atoms with van der Waals surface area (Å²) in [4.78, 5) is 0. The molecule has 1 N–H and O–H groups in total. The summed E-state index contributed by atoms with van der Waals surface area (Å²) in [7, 11) is 0. The Bertz CT molecular complexity index is 281. The molecule has 15 heavy (non-hydrogen) atoms. The molecule has 0 aliphatic rings. The molecule has 0 aliphatic carbocycles. The fourth-order valence-corrected chi connectivity index (χ4v) is 1.96. The van der Waals surface area contributed by atoms with Crippen LogP contribution in [0.1, 0.15) is 26.3 Å². The molecule has 0 amide bonds. The lowest BCUT2D eigenvalue weighted by Crippen LogP contribution is -2.32. The van der Waals surface area contributed by atoms with Gasteiger partial charge in [0.2, 0.25) is 0 Å². The maximum absolute atomic E-state index is 3.47. The van der Waals surface area contributed by atoms with Crippen LogP contribution < -0.4 is 5.32 Å². The van der Waals surface area contributed by atoms with Crippen LogP contribution in [0.15, 0.2) is 28.7 Å². The second-order valence-corrected chi connectivity index (χ2v) is 5.07. The molecule has 0 radical (unpaired) electrons. The van der Waals surface area contributed by atoms with E-state index < -0.39 is 0 Å². The van der Waals surface area contributed by atoms with Crippen LogP contribution >= 0.6 is 15.9 Å². The largest absolute Gasteiger partial charge is 0.314 e. The summed E-state index contributed by atoms with van der Waals surface area (Å²) in [6, 6.07) is 9.19. The number of nitrogens with one attached hydrogen (secondary N) is 1. The molecule has 2 unspecified atom stereocenters. The molecule has 0 bridgehead atoms. The lowest BCUT2D eigenvalue weighted by Gasteiger charge is -2.20. The highest BCUT2D eigenvalue weighted by molar-refractivity contribution is 9.10. The zero-order valence-corrected chi connectivity index (χ0v) is 11.3. The molecule has 2 heteroatoms. The Morgan fingerprint density at radius 3 is 2.33 bits per heavy atom. The van der Waals surface area contributed by atoms with Gasteiger partial charge in [0.15, 0.2) is 0 Å². The van der Waals surface area contributed by atoms with Gasteiger partial charge in [0.1, 0.15) is 0 Å². The SMILES string of the molecule is CCNC(C)C(C)Cc1ccc(Br)cc1. The minimum Gasteiger partial charge on any atom is -0.314 e. The average molecular weight is 270 g/mol. The molecule has 84 valence electrons. The van der Waals surface area contributed by atoms with Gasteiger partial charge in [-0.3, -0.25) is 0 Å². The Kier molecular flexibility index (Phi) is 5.34. The smallest absolute Gasteiger partial charge is 0.0175 e. The van der Waals surface area contributed by atoms with E-state index in [-0.39, 0.29) is 0 Å². The van der Waals surface area contributed by atoms with Crippen LogP contribution in [0.5, 0.6) is 0 Å². The van der Waals surface area contributed by atoms with Crippen LogP contribution in [0, 0.1) is 5.92 Å². The first kappa shape index (κ1) is 12.7. The molecule has 0 heterocycles. The van der Waals surface area contributed by atoms with Gasteiger partial charge in [-0.05, 0) is 43.5 Å². The summed E-state index contributed by atoms with van der Waals surface area (Å²) in [5, 5.41) is 3.47. The third-order valence-corrected chi connectivity index (χ3v) is 3.38. The van der Waals surface area contributed by atoms with E-state index in [1.54, 1.807) is 0 Å². The van der Waals surface area contributed by atoms with Gasteiger partial charge in [-0.25, -0.2) is 0 Å². The maximum atomic E-state index is 3.47. The average Bonchev–Trinajstić information content (AvgIpc) is 2.22. The van der Waals surface area contributed by atoms with Gasteiger partial charge in [0.25, 0.3) is 0 Å². The summed E-state index contributed by atoms with van der Waals surface area (Å²) in [6.07, 6.45) is 1.14. The predicted octanol–water partition coefficient (Wildman–Crippen LogP) is 3.63. The number of halogens is 1. The van der Waals surface area contributed by atoms with Crippen molar-refractivity contribution >= 4 is 15.9 Å². The summed E-state index contributed by atoms with van der Waals surface area (Å²) in [5.74, 6) is 0.672. The molecule has 0 aromatic heterocycles. The molecule has 1 nitrogen and oxygen atoms in total. The quantitative estimate of drug-likeness (QED) is 0.861. The van der Waals surface area contributed by atoms with Gasteiger partial charge in [-0.2, -0.15) is 0 Å². The second kappa shape index (κ2) is 6.29. The molecule has 0 fully saturated rings. The van der Waals surface area contributed by atoms with Crippen molar-refractivity contribution in [3.8, 4) is 0 Å². The lowest BCUT2D eigenvalue weighted by molar-refractivity contribution is 0.406. The van der Waals surface area contributed by atoms with Gasteiger partial charge in [-0.1, -0.05) is 41.9 Å². The molecule has 0 saturated carbocycles. The van der Waals surface area contributed by atoms with E-state index in [1.807, 2.05) is 0 Å². The zero-order chi connectivity index (χ0) is 11.3. The summed E-state index contributed by atoms with van der Waals surface area (Å²) < 4.78 is 1.15. The molecule has 1 aromatic rings. The Labute approximate surface area is 101 Å². The van der Waals surface area contributed by atoms with Crippen molar-refractivity contribution in [3.63, 3.8) is 0 Å². The standard InChI is InChI=1S/C13H20BrN/c1-4-15-11(3)10(2)9-12-5-7-13(14)8-6-12/h5-8,10-11,15H,4,9H2,1-3H3. The van der Waals surface area contributed by atoms with E-state index in [9.17, 15) is 0 Å². The summed E-state index contributed by atoms with van der Waals surface area (Å²) in [6.45, 7) is 7.76. The monoisotopic (exact) mass is 269 g/mol. The van der Waals surface area contributed by atoms with Crippen molar-refractivity contribution in [2.75, 3.05) is 6.54 Å². The van der Waals surface area contributed by atoms with Crippen LogP contribution in [0.4, 0.5) is 0 Å². The molecule has 2 atom stereocenters. The van der Waals surface area contributed by atoms with Crippen LogP contribution in [-0.4, -0.2) is 12.6 Å². The number of hydrogen-bond acceptors (Lipinski definition) is 1. The Morgan fingerprint density at radius 2 is 1.80 bits per heavy atom. The Hall–Kier alpha value is -0.340. The third kappa shape index (κ3) is 4.35. The van der Waals surface area contributed by atoms with E-state index >= 15 is 0 Å². The van der Waals surface area contributed by atoms with E-state index in [0.717, 1.165) is 17.4 Å². The van der Waals surface area contributed by atoms with Crippen LogP contribution in [0.2, 0.25) is 0 Å². The second-order valence-electron chi connectivity index (χ2n) is 4.15. The highest BCUT2D eigenvalue weighted by Gasteiger charge is 2.11. The first-order valence-electron chi connectivity index (χ1n) is 5.61. The van der Waals surface area contributed by atoms with Crippen molar-refractivity contribution < 1.29 is 0 Å². The summed E-state index contributed by atoms with van der Waals surface area (Å²) in [5.41, 5.74) is 1.41. The van der Waals surface area contributed by atoms with E-state index in [2.05, 4.69) is 66.3 Å². The van der Waals surface area contributed by atoms with E-state index in [4.69, 9.17) is 0 Å². The van der Waals surface area contributed by atoms with Crippen LogP contribution in [0.25, 0.3) is 0 Å². The highest BCUT2D eigenvalue weighted by atomic mass is 79.9. The van der Waals surface area contributed by atoms with Gasteiger partial charge in [-0.15, -0.1) is 0 Å². The third-order valence-electron chi connectivity index (χ3n) is 2.85. The van der Waals surface area contributed by atoms with Gasteiger partial charge < -0.3 is 5.32 Å². The molecule has 0 saturated heterocycles. The van der Waals surface area contributed by atoms with Gasteiger partial charge >= 0.3 is 0 Å². The number of hydrogen-bond donors (Lipinski definition) is 1. The molecule has 0 spiro atoms.